The summed E-state index contributed by atoms with van der Waals surface area (Å²) in [7, 11) is 0. The molecule has 1 saturated heterocycles. The number of hydrogen-bond acceptors (Lipinski definition) is 6. The Kier molecular flexibility index (Phi) is 9.58. The van der Waals surface area contributed by atoms with Crippen LogP contribution in [0.4, 0.5) is 4.79 Å². The van der Waals surface area contributed by atoms with E-state index in [-0.39, 0.29) is 31.3 Å². The fourth-order valence-electron chi connectivity index (χ4n) is 3.71. The maximum atomic E-state index is 13.0. The Morgan fingerprint density at radius 3 is 2.29 bits per heavy atom. The van der Waals surface area contributed by atoms with Crippen molar-refractivity contribution in [2.75, 3.05) is 0 Å². The summed E-state index contributed by atoms with van der Waals surface area (Å²) < 4.78 is 5.23. The highest BCUT2D eigenvalue weighted by molar-refractivity contribution is 6.01. The molecule has 0 aromatic heterocycles. The van der Waals surface area contributed by atoms with Crippen LogP contribution in [0.5, 0.6) is 0 Å². The molecule has 1 aliphatic rings. The number of benzene rings is 1. The maximum absolute atomic E-state index is 13.0. The zero-order chi connectivity index (χ0) is 25.4. The van der Waals surface area contributed by atoms with Crippen LogP contribution in [0.25, 0.3) is 0 Å². The topological polar surface area (TPSA) is 148 Å². The van der Waals surface area contributed by atoms with Crippen LogP contribution in [-0.2, 0) is 30.5 Å². The molecule has 0 spiro atoms. The lowest BCUT2D eigenvalue weighted by atomic mass is 9.99. The van der Waals surface area contributed by atoms with Crippen LogP contribution in [0.1, 0.15) is 52.5 Å². The van der Waals surface area contributed by atoms with Crippen molar-refractivity contribution in [3.63, 3.8) is 0 Å². The van der Waals surface area contributed by atoms with Crippen molar-refractivity contribution in [2.24, 2.45) is 17.6 Å². The Hall–Kier alpha value is -3.43. The lowest BCUT2D eigenvalue weighted by Gasteiger charge is -2.28. The van der Waals surface area contributed by atoms with E-state index < -0.39 is 47.8 Å². The van der Waals surface area contributed by atoms with Crippen LogP contribution in [0.15, 0.2) is 30.3 Å². The van der Waals surface area contributed by atoms with Gasteiger partial charge in [-0.1, -0.05) is 58.0 Å². The van der Waals surface area contributed by atoms with E-state index in [1.807, 2.05) is 19.9 Å². The van der Waals surface area contributed by atoms with Crippen molar-refractivity contribution in [1.29, 1.82) is 0 Å². The van der Waals surface area contributed by atoms with E-state index in [9.17, 15) is 24.0 Å². The molecule has 186 valence electrons. The van der Waals surface area contributed by atoms with Crippen LogP contribution in [0.2, 0.25) is 0 Å². The Morgan fingerprint density at radius 1 is 1.09 bits per heavy atom. The molecule has 1 fully saturated rings. The number of amides is 5. The molecule has 10 heteroatoms. The molecule has 3 unspecified atom stereocenters. The monoisotopic (exact) mass is 474 g/mol. The Morgan fingerprint density at radius 2 is 1.74 bits per heavy atom. The average molecular weight is 475 g/mol. The van der Waals surface area contributed by atoms with Gasteiger partial charge in [0.05, 0.1) is 0 Å². The summed E-state index contributed by atoms with van der Waals surface area (Å²) in [6, 6.07) is 6.01. The molecule has 0 saturated carbocycles. The van der Waals surface area contributed by atoms with Crippen molar-refractivity contribution >= 4 is 29.7 Å². The first-order chi connectivity index (χ1) is 16.0. The zero-order valence-corrected chi connectivity index (χ0v) is 20.1. The number of nitrogens with two attached hydrogens (primary N) is 1. The summed E-state index contributed by atoms with van der Waals surface area (Å²) in [5.74, 6) is -2.60. The van der Waals surface area contributed by atoms with E-state index in [1.165, 1.54) is 0 Å². The molecule has 1 aliphatic heterocycles. The van der Waals surface area contributed by atoms with Gasteiger partial charge in [0.2, 0.25) is 23.6 Å². The maximum Gasteiger partial charge on any atom is 0.417 e. The molecular formula is C24H34N4O6. The number of ether oxygens (including phenoxy) is 1. The summed E-state index contributed by atoms with van der Waals surface area (Å²) in [4.78, 5) is 63.3. The highest BCUT2D eigenvalue weighted by Crippen LogP contribution is 2.21. The van der Waals surface area contributed by atoms with E-state index in [0.717, 1.165) is 10.5 Å². The Bertz CT molecular complexity index is 902. The SMILES string of the molecule is CC(C)CC(NC(=O)C(NC(=O)C1CCC(=O)N1C(=O)OCc1ccccc1)C(C)C)C(N)=O. The molecule has 4 N–H and O–H groups in total. The first-order valence-corrected chi connectivity index (χ1v) is 11.4. The van der Waals surface area contributed by atoms with E-state index in [4.69, 9.17) is 10.5 Å². The molecule has 1 aromatic rings. The van der Waals surface area contributed by atoms with Gasteiger partial charge in [-0.15, -0.1) is 0 Å². The normalized spacial score (nSPS) is 17.4. The fraction of sp³-hybridized carbons (Fsp3) is 0.542. The van der Waals surface area contributed by atoms with Gasteiger partial charge in [-0.25, -0.2) is 9.69 Å². The van der Waals surface area contributed by atoms with E-state index in [1.54, 1.807) is 38.1 Å². The van der Waals surface area contributed by atoms with Crippen LogP contribution in [0.3, 0.4) is 0 Å². The van der Waals surface area contributed by atoms with E-state index >= 15 is 0 Å². The number of primary amides is 1. The quantitative estimate of drug-likeness (QED) is 0.468. The summed E-state index contributed by atoms with van der Waals surface area (Å²) in [6.45, 7) is 7.22. The van der Waals surface area contributed by atoms with Crippen molar-refractivity contribution in [3.8, 4) is 0 Å². The van der Waals surface area contributed by atoms with Gasteiger partial charge in [-0.05, 0) is 30.2 Å². The molecule has 3 atom stereocenters. The van der Waals surface area contributed by atoms with Crippen molar-refractivity contribution < 1.29 is 28.7 Å². The Labute approximate surface area is 199 Å². The van der Waals surface area contributed by atoms with Crippen LogP contribution in [-0.4, -0.2) is 52.7 Å². The van der Waals surface area contributed by atoms with Gasteiger partial charge < -0.3 is 21.1 Å². The smallest absolute Gasteiger partial charge is 0.417 e. The predicted octanol–water partition coefficient (Wildman–Crippen LogP) is 1.47. The van der Waals surface area contributed by atoms with Crippen molar-refractivity contribution in [1.82, 2.24) is 15.5 Å². The summed E-state index contributed by atoms with van der Waals surface area (Å²) in [5.41, 5.74) is 6.15. The fourth-order valence-corrected chi connectivity index (χ4v) is 3.71. The molecular weight excluding hydrogens is 440 g/mol. The van der Waals surface area contributed by atoms with Gasteiger partial charge >= 0.3 is 6.09 Å². The van der Waals surface area contributed by atoms with E-state index in [0.29, 0.717) is 6.42 Å². The number of nitrogens with zero attached hydrogens (tertiary/aromatic N) is 1. The molecule has 10 nitrogen and oxygen atoms in total. The molecule has 2 rings (SSSR count). The molecule has 1 aromatic carbocycles. The van der Waals surface area contributed by atoms with Gasteiger partial charge in [-0.3, -0.25) is 19.2 Å². The number of nitrogens with one attached hydrogen (secondary N) is 2. The summed E-state index contributed by atoms with van der Waals surface area (Å²) >= 11 is 0. The highest BCUT2D eigenvalue weighted by atomic mass is 16.6. The molecule has 0 aliphatic carbocycles. The number of carbonyl (C=O) groups excluding carboxylic acids is 5. The van der Waals surface area contributed by atoms with Crippen molar-refractivity contribution in [3.05, 3.63) is 35.9 Å². The number of likely N-dealkylation sites (tertiary alicyclic amines) is 1. The van der Waals surface area contributed by atoms with E-state index in [2.05, 4.69) is 10.6 Å². The minimum absolute atomic E-state index is 0.00913. The number of imide groups is 1. The second kappa shape index (κ2) is 12.2. The second-order valence-corrected chi connectivity index (χ2v) is 9.18. The number of rotatable bonds is 10. The summed E-state index contributed by atoms with van der Waals surface area (Å²) in [5, 5.41) is 5.24. The standard InChI is InChI=1S/C24H34N4O6/c1-14(2)12-17(21(25)30)26-23(32)20(15(3)4)27-22(31)18-10-11-19(29)28(18)24(33)34-13-16-8-6-5-7-9-16/h5-9,14-15,17-18,20H,10-13H2,1-4H3,(H2,25,30)(H,26,32)(H,27,31). The van der Waals surface area contributed by atoms with Gasteiger partial charge in [0.25, 0.3) is 0 Å². The van der Waals surface area contributed by atoms with Gasteiger partial charge in [-0.2, -0.15) is 0 Å². The lowest BCUT2D eigenvalue weighted by Crippen LogP contribution is -2.58. The second-order valence-electron chi connectivity index (χ2n) is 9.18. The highest BCUT2D eigenvalue weighted by Gasteiger charge is 2.42. The molecule has 0 radical (unpaired) electrons. The minimum atomic E-state index is -1.09. The van der Waals surface area contributed by atoms with Crippen LogP contribution >= 0.6 is 0 Å². The third kappa shape index (κ3) is 7.29. The average Bonchev–Trinajstić information content (AvgIpc) is 3.16. The largest absolute Gasteiger partial charge is 0.444 e. The van der Waals surface area contributed by atoms with Crippen molar-refractivity contribution in [2.45, 2.75) is 71.7 Å². The first-order valence-electron chi connectivity index (χ1n) is 11.4. The number of hydrogen-bond donors (Lipinski definition) is 3. The third-order valence-corrected chi connectivity index (χ3v) is 5.53. The molecule has 0 bridgehead atoms. The lowest BCUT2D eigenvalue weighted by molar-refractivity contribution is -0.136. The van der Waals surface area contributed by atoms with Gasteiger partial charge in [0.1, 0.15) is 24.7 Å². The van der Waals surface area contributed by atoms with Gasteiger partial charge in [0, 0.05) is 6.42 Å². The van der Waals surface area contributed by atoms with Crippen LogP contribution in [0, 0.1) is 11.8 Å². The zero-order valence-electron chi connectivity index (χ0n) is 20.1. The predicted molar refractivity (Wildman–Crippen MR) is 124 cm³/mol. The Balaban J connectivity index is 2.06. The molecule has 5 amide bonds. The van der Waals surface area contributed by atoms with Crippen LogP contribution < -0.4 is 16.4 Å². The molecule has 34 heavy (non-hydrogen) atoms. The first kappa shape index (κ1) is 26.8. The third-order valence-electron chi connectivity index (χ3n) is 5.53. The van der Waals surface area contributed by atoms with Gasteiger partial charge in [0.15, 0.2) is 0 Å². The minimum Gasteiger partial charge on any atom is -0.444 e. The molecule has 1 heterocycles. The number of carbonyl (C=O) groups is 5. The summed E-state index contributed by atoms with van der Waals surface area (Å²) in [6.07, 6.45) is -0.426.